The predicted molar refractivity (Wildman–Crippen MR) is 92.3 cm³/mol. The van der Waals surface area contributed by atoms with Crippen LogP contribution in [0.2, 0.25) is 5.02 Å². The van der Waals surface area contributed by atoms with Crippen molar-refractivity contribution in [3.8, 4) is 5.75 Å². The topological polar surface area (TPSA) is 21.3 Å². The standard InChI is InChI=1S/C17H19BrClNO/c1-3-9-20-17(12-5-4-6-14(10-12)21-2)15-8-7-13(19)11-16(15)18/h4-8,10-11,17,20H,3,9H2,1-2H3. The fourth-order valence-corrected chi connectivity index (χ4v) is 3.16. The number of halogens is 2. The molecule has 0 spiro atoms. The second-order valence-corrected chi connectivity index (χ2v) is 6.12. The summed E-state index contributed by atoms with van der Waals surface area (Å²) in [6, 6.07) is 14.1. The molecule has 2 nitrogen and oxygen atoms in total. The lowest BCUT2D eigenvalue weighted by Gasteiger charge is -2.21. The fraction of sp³-hybridized carbons (Fsp3) is 0.294. The second-order valence-electron chi connectivity index (χ2n) is 4.83. The molecule has 21 heavy (non-hydrogen) atoms. The van der Waals surface area contributed by atoms with Crippen LogP contribution in [0.3, 0.4) is 0 Å². The lowest BCUT2D eigenvalue weighted by molar-refractivity contribution is 0.413. The molecule has 1 atom stereocenters. The van der Waals surface area contributed by atoms with Gasteiger partial charge in [-0.1, -0.05) is 52.7 Å². The quantitative estimate of drug-likeness (QED) is 0.756. The maximum absolute atomic E-state index is 6.05. The van der Waals surface area contributed by atoms with E-state index in [4.69, 9.17) is 16.3 Å². The Morgan fingerprint density at radius 1 is 1.24 bits per heavy atom. The van der Waals surface area contributed by atoms with Crippen molar-refractivity contribution in [1.29, 1.82) is 0 Å². The van der Waals surface area contributed by atoms with E-state index >= 15 is 0 Å². The smallest absolute Gasteiger partial charge is 0.119 e. The number of hydrogen-bond acceptors (Lipinski definition) is 2. The van der Waals surface area contributed by atoms with E-state index in [2.05, 4.69) is 46.4 Å². The molecule has 2 aromatic rings. The third-order valence-corrected chi connectivity index (χ3v) is 4.22. The summed E-state index contributed by atoms with van der Waals surface area (Å²) >= 11 is 9.67. The molecule has 1 N–H and O–H groups in total. The maximum Gasteiger partial charge on any atom is 0.119 e. The number of ether oxygens (including phenoxy) is 1. The van der Waals surface area contributed by atoms with Crippen molar-refractivity contribution in [2.75, 3.05) is 13.7 Å². The Hall–Kier alpha value is -1.03. The zero-order valence-electron chi connectivity index (χ0n) is 12.2. The van der Waals surface area contributed by atoms with Crippen LogP contribution < -0.4 is 10.1 Å². The Labute approximate surface area is 139 Å². The van der Waals surface area contributed by atoms with Crippen LogP contribution >= 0.6 is 27.5 Å². The molecule has 2 aromatic carbocycles. The molecule has 0 aromatic heterocycles. The molecule has 0 saturated heterocycles. The highest BCUT2D eigenvalue weighted by Crippen LogP contribution is 2.32. The molecule has 0 aliphatic heterocycles. The Balaban J connectivity index is 2.41. The number of rotatable bonds is 6. The van der Waals surface area contributed by atoms with E-state index in [-0.39, 0.29) is 6.04 Å². The molecule has 0 aliphatic rings. The molecule has 0 heterocycles. The first-order chi connectivity index (χ1) is 10.2. The van der Waals surface area contributed by atoms with Crippen molar-refractivity contribution in [2.24, 2.45) is 0 Å². The molecule has 0 bridgehead atoms. The first kappa shape index (κ1) is 16.3. The summed E-state index contributed by atoms with van der Waals surface area (Å²) in [7, 11) is 1.69. The summed E-state index contributed by atoms with van der Waals surface area (Å²) in [4.78, 5) is 0. The first-order valence-electron chi connectivity index (χ1n) is 6.98. The third-order valence-electron chi connectivity index (χ3n) is 3.30. The van der Waals surface area contributed by atoms with E-state index in [9.17, 15) is 0 Å². The van der Waals surface area contributed by atoms with Crippen molar-refractivity contribution < 1.29 is 4.74 Å². The molecule has 0 fully saturated rings. The van der Waals surface area contributed by atoms with E-state index in [0.29, 0.717) is 0 Å². The van der Waals surface area contributed by atoms with Crippen molar-refractivity contribution in [2.45, 2.75) is 19.4 Å². The summed E-state index contributed by atoms with van der Waals surface area (Å²) in [6.07, 6.45) is 1.08. The van der Waals surface area contributed by atoms with E-state index in [1.54, 1.807) is 7.11 Å². The van der Waals surface area contributed by atoms with Crippen molar-refractivity contribution in [3.05, 3.63) is 63.1 Å². The highest BCUT2D eigenvalue weighted by atomic mass is 79.9. The summed E-state index contributed by atoms with van der Waals surface area (Å²) in [5, 5.41) is 4.31. The Morgan fingerprint density at radius 2 is 2.05 bits per heavy atom. The predicted octanol–water partition coefficient (Wildman–Crippen LogP) is 5.20. The van der Waals surface area contributed by atoms with Gasteiger partial charge in [-0.25, -0.2) is 0 Å². The van der Waals surface area contributed by atoms with Crippen molar-refractivity contribution in [1.82, 2.24) is 5.32 Å². The van der Waals surface area contributed by atoms with Crippen LogP contribution in [0, 0.1) is 0 Å². The largest absolute Gasteiger partial charge is 0.497 e. The van der Waals surface area contributed by atoms with Crippen LogP contribution in [0.5, 0.6) is 5.75 Å². The monoisotopic (exact) mass is 367 g/mol. The average Bonchev–Trinajstić information content (AvgIpc) is 2.49. The average molecular weight is 369 g/mol. The van der Waals surface area contributed by atoms with Crippen LogP contribution in [0.4, 0.5) is 0 Å². The Morgan fingerprint density at radius 3 is 2.71 bits per heavy atom. The van der Waals surface area contributed by atoms with Gasteiger partial charge in [-0.05, 0) is 48.4 Å². The van der Waals surface area contributed by atoms with Crippen LogP contribution in [0.1, 0.15) is 30.5 Å². The lowest BCUT2D eigenvalue weighted by Crippen LogP contribution is -2.23. The number of nitrogens with one attached hydrogen (secondary N) is 1. The Bertz CT molecular complexity index is 603. The minimum Gasteiger partial charge on any atom is -0.497 e. The molecule has 0 amide bonds. The molecule has 0 aliphatic carbocycles. The van der Waals surface area contributed by atoms with E-state index in [0.717, 1.165) is 28.2 Å². The zero-order valence-corrected chi connectivity index (χ0v) is 14.5. The summed E-state index contributed by atoms with van der Waals surface area (Å²) in [5.74, 6) is 0.862. The van der Waals surface area contributed by atoms with Gasteiger partial charge in [-0.3, -0.25) is 0 Å². The number of benzene rings is 2. The van der Waals surface area contributed by atoms with Crippen LogP contribution in [0.15, 0.2) is 46.9 Å². The highest BCUT2D eigenvalue weighted by Gasteiger charge is 2.17. The van der Waals surface area contributed by atoms with Gasteiger partial charge in [0.25, 0.3) is 0 Å². The van der Waals surface area contributed by atoms with Crippen LogP contribution in [-0.4, -0.2) is 13.7 Å². The van der Waals surface area contributed by atoms with Crippen LogP contribution in [-0.2, 0) is 0 Å². The molecule has 4 heteroatoms. The maximum atomic E-state index is 6.05. The van der Waals surface area contributed by atoms with Crippen molar-refractivity contribution >= 4 is 27.5 Å². The SMILES string of the molecule is CCCNC(c1cccc(OC)c1)c1ccc(Cl)cc1Br. The minimum atomic E-state index is 0.103. The van der Waals surface area contributed by atoms with Gasteiger partial charge < -0.3 is 10.1 Å². The molecule has 0 saturated carbocycles. The van der Waals surface area contributed by atoms with Gasteiger partial charge in [0.05, 0.1) is 13.2 Å². The van der Waals surface area contributed by atoms with Gasteiger partial charge in [0, 0.05) is 9.50 Å². The molecular weight excluding hydrogens is 350 g/mol. The van der Waals surface area contributed by atoms with Gasteiger partial charge >= 0.3 is 0 Å². The summed E-state index contributed by atoms with van der Waals surface area (Å²) < 4.78 is 6.34. The van der Waals surface area contributed by atoms with Crippen molar-refractivity contribution in [3.63, 3.8) is 0 Å². The molecular formula is C17H19BrClNO. The second kappa shape index (κ2) is 7.83. The third kappa shape index (κ3) is 4.22. The van der Waals surface area contributed by atoms with E-state index in [1.807, 2.05) is 24.3 Å². The van der Waals surface area contributed by atoms with E-state index < -0.39 is 0 Å². The molecule has 0 radical (unpaired) electrons. The number of methoxy groups -OCH3 is 1. The fourth-order valence-electron chi connectivity index (χ4n) is 2.25. The first-order valence-corrected chi connectivity index (χ1v) is 8.15. The number of hydrogen-bond donors (Lipinski definition) is 1. The van der Waals surface area contributed by atoms with Gasteiger partial charge in [0.1, 0.15) is 5.75 Å². The molecule has 1 unspecified atom stereocenters. The van der Waals surface area contributed by atoms with Gasteiger partial charge in [-0.15, -0.1) is 0 Å². The zero-order chi connectivity index (χ0) is 15.2. The van der Waals surface area contributed by atoms with Crippen LogP contribution in [0.25, 0.3) is 0 Å². The minimum absolute atomic E-state index is 0.103. The normalized spacial score (nSPS) is 12.2. The van der Waals surface area contributed by atoms with Gasteiger partial charge in [-0.2, -0.15) is 0 Å². The van der Waals surface area contributed by atoms with E-state index in [1.165, 1.54) is 11.1 Å². The molecule has 2 rings (SSSR count). The molecule has 112 valence electrons. The lowest BCUT2D eigenvalue weighted by atomic mass is 9.98. The Kier molecular flexibility index (Phi) is 6.09. The summed E-state index contributed by atoms with van der Waals surface area (Å²) in [5.41, 5.74) is 2.34. The van der Waals surface area contributed by atoms with Gasteiger partial charge in [0.2, 0.25) is 0 Å². The van der Waals surface area contributed by atoms with Gasteiger partial charge in [0.15, 0.2) is 0 Å². The summed E-state index contributed by atoms with van der Waals surface area (Å²) in [6.45, 7) is 3.10. The highest BCUT2D eigenvalue weighted by molar-refractivity contribution is 9.10.